The van der Waals surface area contributed by atoms with E-state index in [0.717, 1.165) is 39.3 Å². The van der Waals surface area contributed by atoms with Crippen molar-refractivity contribution in [2.75, 3.05) is 59.9 Å². The van der Waals surface area contributed by atoms with Crippen LogP contribution in [0, 0.1) is 0 Å². The van der Waals surface area contributed by atoms with Crippen LogP contribution in [0.3, 0.4) is 0 Å². The highest BCUT2D eigenvalue weighted by Crippen LogP contribution is 1.90. The summed E-state index contributed by atoms with van der Waals surface area (Å²) in [6.07, 6.45) is 0. The van der Waals surface area contributed by atoms with Crippen LogP contribution in [0.2, 0.25) is 0 Å². The fourth-order valence-corrected chi connectivity index (χ4v) is 1.55. The van der Waals surface area contributed by atoms with Gasteiger partial charge in [0.05, 0.1) is 6.54 Å². The zero-order valence-corrected chi connectivity index (χ0v) is 9.75. The summed E-state index contributed by atoms with van der Waals surface area (Å²) in [4.78, 5) is 15.7. The second kappa shape index (κ2) is 6.76. The molecule has 1 aliphatic rings. The third-order valence-electron chi connectivity index (χ3n) is 2.46. The Bertz CT molecular complexity index is 190. The molecule has 0 unspecified atom stereocenters. The van der Waals surface area contributed by atoms with Gasteiger partial charge in [0.25, 0.3) is 0 Å². The minimum Gasteiger partial charge on any atom is -0.354 e. The van der Waals surface area contributed by atoms with Gasteiger partial charge in [-0.25, -0.2) is 0 Å². The minimum atomic E-state index is 0.138. The SMILES string of the molecule is CN(C)CCNC(=O)CN1CCNCC1. The lowest BCUT2D eigenvalue weighted by Gasteiger charge is -2.26. The van der Waals surface area contributed by atoms with Gasteiger partial charge in [-0.3, -0.25) is 9.69 Å². The average Bonchev–Trinajstić information content (AvgIpc) is 2.18. The highest BCUT2D eigenvalue weighted by atomic mass is 16.2. The monoisotopic (exact) mass is 214 g/mol. The minimum absolute atomic E-state index is 0.138. The molecule has 0 radical (unpaired) electrons. The maximum atomic E-state index is 11.5. The first-order valence-electron chi connectivity index (χ1n) is 5.53. The number of nitrogens with zero attached hydrogens (tertiary/aromatic N) is 2. The van der Waals surface area contributed by atoms with Crippen LogP contribution in [0.25, 0.3) is 0 Å². The summed E-state index contributed by atoms with van der Waals surface area (Å²) < 4.78 is 0. The van der Waals surface area contributed by atoms with Crippen LogP contribution in [0.5, 0.6) is 0 Å². The highest BCUT2D eigenvalue weighted by Gasteiger charge is 2.12. The average molecular weight is 214 g/mol. The number of carbonyl (C=O) groups excluding carboxylic acids is 1. The second-order valence-electron chi connectivity index (χ2n) is 4.18. The van der Waals surface area contributed by atoms with E-state index < -0.39 is 0 Å². The summed E-state index contributed by atoms with van der Waals surface area (Å²) in [5, 5.41) is 6.18. The lowest BCUT2D eigenvalue weighted by Crippen LogP contribution is -2.48. The van der Waals surface area contributed by atoms with Crippen molar-refractivity contribution in [2.45, 2.75) is 0 Å². The Morgan fingerprint density at radius 3 is 2.67 bits per heavy atom. The molecule has 0 aromatic carbocycles. The predicted octanol–water partition coefficient (Wildman–Crippen LogP) is -1.43. The summed E-state index contributed by atoms with van der Waals surface area (Å²) in [7, 11) is 4.00. The summed E-state index contributed by atoms with van der Waals surface area (Å²) in [5.74, 6) is 0.138. The molecule has 88 valence electrons. The molecule has 5 nitrogen and oxygen atoms in total. The molecule has 0 bridgehead atoms. The molecular formula is C10H22N4O. The number of amides is 1. The molecule has 1 heterocycles. The quantitative estimate of drug-likeness (QED) is 0.589. The molecule has 1 amide bonds. The lowest BCUT2D eigenvalue weighted by atomic mass is 10.3. The van der Waals surface area contributed by atoms with E-state index in [9.17, 15) is 4.79 Å². The van der Waals surface area contributed by atoms with Crippen LogP contribution in [-0.2, 0) is 4.79 Å². The van der Waals surface area contributed by atoms with Gasteiger partial charge in [-0.2, -0.15) is 0 Å². The van der Waals surface area contributed by atoms with E-state index in [1.165, 1.54) is 0 Å². The molecular weight excluding hydrogens is 192 g/mol. The lowest BCUT2D eigenvalue weighted by molar-refractivity contribution is -0.122. The summed E-state index contributed by atoms with van der Waals surface area (Å²) in [6, 6.07) is 0. The fourth-order valence-electron chi connectivity index (χ4n) is 1.55. The molecule has 1 rings (SSSR count). The number of rotatable bonds is 5. The van der Waals surface area contributed by atoms with Crippen molar-refractivity contribution in [2.24, 2.45) is 0 Å². The molecule has 1 aliphatic heterocycles. The van der Waals surface area contributed by atoms with Gasteiger partial charge in [0.2, 0.25) is 5.91 Å². The Labute approximate surface area is 91.8 Å². The third-order valence-corrected chi connectivity index (χ3v) is 2.46. The zero-order valence-electron chi connectivity index (χ0n) is 9.75. The number of hydrogen-bond acceptors (Lipinski definition) is 4. The number of carbonyl (C=O) groups is 1. The smallest absolute Gasteiger partial charge is 0.234 e. The van der Waals surface area contributed by atoms with E-state index in [0.29, 0.717) is 6.54 Å². The van der Waals surface area contributed by atoms with Crippen LogP contribution >= 0.6 is 0 Å². The van der Waals surface area contributed by atoms with Crippen LogP contribution in [-0.4, -0.2) is 75.6 Å². The van der Waals surface area contributed by atoms with Gasteiger partial charge in [-0.05, 0) is 14.1 Å². The van der Waals surface area contributed by atoms with Crippen molar-refractivity contribution in [3.8, 4) is 0 Å². The number of nitrogens with one attached hydrogen (secondary N) is 2. The van der Waals surface area contributed by atoms with Gasteiger partial charge < -0.3 is 15.5 Å². The summed E-state index contributed by atoms with van der Waals surface area (Å²) in [6.45, 7) is 6.10. The number of piperazine rings is 1. The number of likely N-dealkylation sites (N-methyl/N-ethyl adjacent to an activating group) is 1. The Kier molecular flexibility index (Phi) is 5.60. The zero-order chi connectivity index (χ0) is 11.1. The van der Waals surface area contributed by atoms with Crippen LogP contribution in [0.15, 0.2) is 0 Å². The van der Waals surface area contributed by atoms with Crippen molar-refractivity contribution < 1.29 is 4.79 Å². The Morgan fingerprint density at radius 1 is 1.40 bits per heavy atom. The molecule has 0 aromatic rings. The van der Waals surface area contributed by atoms with Crippen molar-refractivity contribution in [1.29, 1.82) is 0 Å². The second-order valence-corrected chi connectivity index (χ2v) is 4.18. The van der Waals surface area contributed by atoms with E-state index in [1.54, 1.807) is 0 Å². The van der Waals surface area contributed by atoms with Gasteiger partial charge >= 0.3 is 0 Å². The Balaban J connectivity index is 2.06. The topological polar surface area (TPSA) is 47.6 Å². The third kappa shape index (κ3) is 5.71. The van der Waals surface area contributed by atoms with Crippen molar-refractivity contribution in [3.63, 3.8) is 0 Å². The van der Waals surface area contributed by atoms with Crippen molar-refractivity contribution in [3.05, 3.63) is 0 Å². The number of hydrogen-bond donors (Lipinski definition) is 2. The van der Waals surface area contributed by atoms with Gasteiger partial charge in [0, 0.05) is 39.3 Å². The molecule has 0 spiro atoms. The molecule has 0 saturated carbocycles. The highest BCUT2D eigenvalue weighted by molar-refractivity contribution is 5.78. The molecule has 5 heteroatoms. The van der Waals surface area contributed by atoms with Crippen molar-refractivity contribution in [1.82, 2.24) is 20.4 Å². The van der Waals surface area contributed by atoms with Gasteiger partial charge in [-0.15, -0.1) is 0 Å². The molecule has 1 fully saturated rings. The van der Waals surface area contributed by atoms with Crippen molar-refractivity contribution >= 4 is 5.91 Å². The molecule has 0 atom stereocenters. The van der Waals surface area contributed by atoms with Gasteiger partial charge in [0.15, 0.2) is 0 Å². The first-order valence-corrected chi connectivity index (χ1v) is 5.53. The maximum Gasteiger partial charge on any atom is 0.234 e. The molecule has 0 aromatic heterocycles. The van der Waals surface area contributed by atoms with E-state index >= 15 is 0 Å². The van der Waals surface area contributed by atoms with E-state index in [1.807, 2.05) is 14.1 Å². The normalized spacial score (nSPS) is 18.1. The molecule has 15 heavy (non-hydrogen) atoms. The first kappa shape index (κ1) is 12.4. The molecule has 1 saturated heterocycles. The van der Waals surface area contributed by atoms with E-state index in [2.05, 4.69) is 20.4 Å². The maximum absolute atomic E-state index is 11.5. The van der Waals surface area contributed by atoms with Crippen LogP contribution < -0.4 is 10.6 Å². The van der Waals surface area contributed by atoms with Gasteiger partial charge in [-0.1, -0.05) is 0 Å². The predicted molar refractivity (Wildman–Crippen MR) is 60.9 cm³/mol. The van der Waals surface area contributed by atoms with E-state index in [4.69, 9.17) is 0 Å². The first-order chi connectivity index (χ1) is 7.18. The molecule has 2 N–H and O–H groups in total. The van der Waals surface area contributed by atoms with E-state index in [-0.39, 0.29) is 5.91 Å². The summed E-state index contributed by atoms with van der Waals surface area (Å²) >= 11 is 0. The largest absolute Gasteiger partial charge is 0.354 e. The summed E-state index contributed by atoms with van der Waals surface area (Å²) in [5.41, 5.74) is 0. The fraction of sp³-hybridized carbons (Fsp3) is 0.900. The van der Waals surface area contributed by atoms with Crippen LogP contribution in [0.1, 0.15) is 0 Å². The standard InChI is InChI=1S/C10H22N4O/c1-13(2)6-5-12-10(15)9-14-7-3-11-4-8-14/h11H,3-9H2,1-2H3,(H,12,15). The Morgan fingerprint density at radius 2 is 2.07 bits per heavy atom. The Hall–Kier alpha value is -0.650. The van der Waals surface area contributed by atoms with Crippen LogP contribution in [0.4, 0.5) is 0 Å². The molecule has 0 aliphatic carbocycles. The van der Waals surface area contributed by atoms with Gasteiger partial charge in [0.1, 0.15) is 0 Å².